The number of alkyl halides is 3. The zero-order chi connectivity index (χ0) is 14.5. The van der Waals surface area contributed by atoms with Crippen LogP contribution in [-0.4, -0.2) is 60.9 Å². The maximum atomic E-state index is 13.1. The summed E-state index contributed by atoms with van der Waals surface area (Å²) in [6.45, 7) is 0.890. The van der Waals surface area contributed by atoms with Crippen LogP contribution in [0.5, 0.6) is 0 Å². The Kier molecular flexibility index (Phi) is 3.43. The van der Waals surface area contributed by atoms with Gasteiger partial charge in [-0.3, -0.25) is 9.69 Å². The van der Waals surface area contributed by atoms with Crippen molar-refractivity contribution in [2.24, 2.45) is 11.3 Å². The molecule has 4 atom stereocenters. The molecule has 110 valence electrons. The SMILES string of the molecule is COCC1(CO)C(=O)C2(C)CCN1CC2C(F)(F)F. The molecule has 4 unspecified atom stereocenters. The summed E-state index contributed by atoms with van der Waals surface area (Å²) >= 11 is 0. The molecule has 7 heteroatoms. The number of ketones is 1. The normalized spacial score (nSPS) is 42.7. The van der Waals surface area contributed by atoms with Crippen molar-refractivity contribution in [2.75, 3.05) is 33.4 Å². The van der Waals surface area contributed by atoms with Crippen LogP contribution < -0.4 is 0 Å². The second-order valence-electron chi connectivity index (χ2n) is 5.66. The van der Waals surface area contributed by atoms with Crippen LogP contribution in [0, 0.1) is 11.3 Å². The van der Waals surface area contributed by atoms with Gasteiger partial charge in [0.05, 0.1) is 19.1 Å². The van der Waals surface area contributed by atoms with Crippen molar-refractivity contribution in [3.63, 3.8) is 0 Å². The van der Waals surface area contributed by atoms with E-state index in [2.05, 4.69) is 0 Å². The van der Waals surface area contributed by atoms with Gasteiger partial charge in [0.15, 0.2) is 5.78 Å². The number of aliphatic hydroxyl groups excluding tert-OH is 1. The van der Waals surface area contributed by atoms with Gasteiger partial charge in [0.2, 0.25) is 0 Å². The molecule has 3 aliphatic rings. The smallest absolute Gasteiger partial charge is 0.393 e. The zero-order valence-electron chi connectivity index (χ0n) is 11.0. The molecule has 3 rings (SSSR count). The number of ether oxygens (including phenoxy) is 1. The van der Waals surface area contributed by atoms with Crippen molar-refractivity contribution in [3.8, 4) is 0 Å². The Morgan fingerprint density at radius 1 is 1.53 bits per heavy atom. The first kappa shape index (κ1) is 14.7. The van der Waals surface area contributed by atoms with Gasteiger partial charge in [0.1, 0.15) is 5.54 Å². The summed E-state index contributed by atoms with van der Waals surface area (Å²) in [5, 5.41) is 9.54. The van der Waals surface area contributed by atoms with Gasteiger partial charge >= 0.3 is 6.18 Å². The molecule has 0 aromatic carbocycles. The van der Waals surface area contributed by atoms with Crippen molar-refractivity contribution >= 4 is 5.78 Å². The zero-order valence-corrected chi connectivity index (χ0v) is 11.0. The average Bonchev–Trinajstić information content (AvgIpc) is 2.33. The van der Waals surface area contributed by atoms with E-state index >= 15 is 0 Å². The molecule has 1 N–H and O–H groups in total. The lowest BCUT2D eigenvalue weighted by Crippen LogP contribution is -2.76. The van der Waals surface area contributed by atoms with Crippen LogP contribution in [0.4, 0.5) is 13.2 Å². The van der Waals surface area contributed by atoms with Gasteiger partial charge in [-0.05, 0) is 6.42 Å². The summed E-state index contributed by atoms with van der Waals surface area (Å²) < 4.78 is 44.2. The number of carbonyl (C=O) groups excluding carboxylic acids is 1. The van der Waals surface area contributed by atoms with Gasteiger partial charge in [-0.15, -0.1) is 0 Å². The number of fused-ring (bicyclic) bond motifs is 3. The lowest BCUT2D eigenvalue weighted by molar-refractivity contribution is -0.249. The van der Waals surface area contributed by atoms with E-state index in [0.717, 1.165) is 0 Å². The molecule has 0 aliphatic carbocycles. The van der Waals surface area contributed by atoms with E-state index in [1.807, 2.05) is 0 Å². The molecule has 0 saturated carbocycles. The lowest BCUT2D eigenvalue weighted by atomic mass is 9.58. The summed E-state index contributed by atoms with van der Waals surface area (Å²) in [5.41, 5.74) is -2.78. The maximum Gasteiger partial charge on any atom is 0.393 e. The monoisotopic (exact) mass is 281 g/mol. The van der Waals surface area contributed by atoms with Crippen molar-refractivity contribution < 1.29 is 27.8 Å². The minimum atomic E-state index is -4.40. The minimum Gasteiger partial charge on any atom is -0.394 e. The number of aliphatic hydroxyl groups is 1. The number of Topliss-reactive ketones (excluding diaryl/α,β-unsaturated/α-hetero) is 1. The van der Waals surface area contributed by atoms with Crippen molar-refractivity contribution in [3.05, 3.63) is 0 Å². The van der Waals surface area contributed by atoms with Gasteiger partial charge in [0, 0.05) is 25.6 Å². The minimum absolute atomic E-state index is 0.0809. The molecule has 0 spiro atoms. The standard InChI is InChI=1S/C12H18F3NO3/c1-10-3-4-16(5-8(10)12(13,14)15)11(6-17,7-19-2)9(10)18/h8,17H,3-7H2,1-2H3. The number of piperidine rings is 3. The van der Waals surface area contributed by atoms with Gasteiger partial charge in [-0.2, -0.15) is 13.2 Å². The largest absolute Gasteiger partial charge is 0.394 e. The first-order valence-corrected chi connectivity index (χ1v) is 6.19. The molecule has 3 fully saturated rings. The third-order valence-electron chi connectivity index (χ3n) is 4.66. The Labute approximate surface area is 109 Å². The van der Waals surface area contributed by atoms with E-state index in [1.54, 1.807) is 0 Å². The van der Waals surface area contributed by atoms with E-state index in [4.69, 9.17) is 4.74 Å². The maximum absolute atomic E-state index is 13.1. The van der Waals surface area contributed by atoms with Crippen LogP contribution in [0.1, 0.15) is 13.3 Å². The Morgan fingerprint density at radius 3 is 2.63 bits per heavy atom. The van der Waals surface area contributed by atoms with Crippen LogP contribution >= 0.6 is 0 Å². The van der Waals surface area contributed by atoms with E-state index in [1.165, 1.54) is 18.9 Å². The molecular weight excluding hydrogens is 263 g/mol. The molecule has 19 heavy (non-hydrogen) atoms. The molecule has 4 nitrogen and oxygen atoms in total. The van der Waals surface area contributed by atoms with E-state index in [9.17, 15) is 23.1 Å². The number of nitrogens with zero attached hydrogens (tertiary/aromatic N) is 1. The topological polar surface area (TPSA) is 49.8 Å². The van der Waals surface area contributed by atoms with E-state index in [-0.39, 0.29) is 19.6 Å². The quantitative estimate of drug-likeness (QED) is 0.833. The van der Waals surface area contributed by atoms with Crippen LogP contribution in [0.15, 0.2) is 0 Å². The fraction of sp³-hybridized carbons (Fsp3) is 0.917. The summed E-state index contributed by atoms with van der Waals surface area (Å²) in [7, 11) is 1.37. The second kappa shape index (κ2) is 4.43. The highest BCUT2D eigenvalue weighted by Crippen LogP contribution is 2.53. The third kappa shape index (κ3) is 1.90. The number of hydrogen-bond acceptors (Lipinski definition) is 4. The number of rotatable bonds is 3. The Balaban J connectivity index is 2.42. The van der Waals surface area contributed by atoms with Crippen LogP contribution in [0.3, 0.4) is 0 Å². The van der Waals surface area contributed by atoms with Crippen LogP contribution in [0.2, 0.25) is 0 Å². The molecule has 0 aromatic rings. The van der Waals surface area contributed by atoms with Gasteiger partial charge in [-0.1, -0.05) is 6.92 Å². The van der Waals surface area contributed by atoms with Crippen molar-refractivity contribution in [2.45, 2.75) is 25.1 Å². The summed E-state index contributed by atoms with van der Waals surface area (Å²) in [6, 6.07) is 0. The molecule has 0 aromatic heterocycles. The fourth-order valence-electron chi connectivity index (χ4n) is 3.47. The first-order chi connectivity index (χ1) is 8.72. The Hall–Kier alpha value is -0.660. The Morgan fingerprint density at radius 2 is 2.16 bits per heavy atom. The summed E-state index contributed by atoms with van der Waals surface area (Å²) in [4.78, 5) is 14.0. The van der Waals surface area contributed by atoms with E-state index in [0.29, 0.717) is 6.54 Å². The fourth-order valence-corrected chi connectivity index (χ4v) is 3.47. The number of carbonyl (C=O) groups is 1. The highest BCUT2D eigenvalue weighted by atomic mass is 19.4. The van der Waals surface area contributed by atoms with Crippen LogP contribution in [-0.2, 0) is 9.53 Å². The predicted molar refractivity (Wildman–Crippen MR) is 60.5 cm³/mol. The van der Waals surface area contributed by atoms with Gasteiger partial charge in [0.25, 0.3) is 0 Å². The number of halogens is 3. The third-order valence-corrected chi connectivity index (χ3v) is 4.66. The molecular formula is C12H18F3NO3. The van der Waals surface area contributed by atoms with Crippen molar-refractivity contribution in [1.29, 1.82) is 0 Å². The molecule has 3 saturated heterocycles. The Bertz CT molecular complexity index is 387. The number of hydrogen-bond donors (Lipinski definition) is 1. The first-order valence-electron chi connectivity index (χ1n) is 6.19. The summed E-state index contributed by atoms with van der Waals surface area (Å²) in [5.74, 6) is -2.22. The molecule has 2 bridgehead atoms. The molecule has 0 radical (unpaired) electrons. The highest BCUT2D eigenvalue weighted by molar-refractivity contribution is 5.95. The molecule has 0 amide bonds. The molecule has 3 heterocycles. The predicted octanol–water partition coefficient (Wildman–Crippen LogP) is 0.837. The highest BCUT2D eigenvalue weighted by Gasteiger charge is 2.67. The lowest BCUT2D eigenvalue weighted by Gasteiger charge is -2.59. The molecule has 3 aliphatic heterocycles. The van der Waals surface area contributed by atoms with Crippen LogP contribution in [0.25, 0.3) is 0 Å². The second-order valence-corrected chi connectivity index (χ2v) is 5.66. The van der Waals surface area contributed by atoms with Gasteiger partial charge < -0.3 is 9.84 Å². The van der Waals surface area contributed by atoms with Crippen molar-refractivity contribution in [1.82, 2.24) is 4.90 Å². The average molecular weight is 281 g/mol. The summed E-state index contributed by atoms with van der Waals surface area (Å²) in [6.07, 6.45) is -4.24. The van der Waals surface area contributed by atoms with Gasteiger partial charge in [-0.25, -0.2) is 0 Å². The van der Waals surface area contributed by atoms with E-state index < -0.39 is 35.4 Å². The number of methoxy groups -OCH3 is 1.